The molecule has 5 heteroatoms. The average molecular weight is 392 g/mol. The minimum atomic E-state index is -0.349. The molecule has 29 heavy (non-hydrogen) atoms. The van der Waals surface area contributed by atoms with Crippen LogP contribution in [0.5, 0.6) is 5.75 Å². The molecule has 0 saturated heterocycles. The number of likely N-dealkylation sites (N-methyl/N-ethyl adjacent to an activating group) is 1. The second kappa shape index (κ2) is 9.00. The molecule has 1 heterocycles. The smallest absolute Gasteiger partial charge is 0.264 e. The molecule has 0 bridgehead atoms. The van der Waals surface area contributed by atoms with Crippen molar-refractivity contribution in [2.75, 3.05) is 7.05 Å². The molecule has 0 atom stereocenters. The fourth-order valence-electron chi connectivity index (χ4n) is 4.32. The summed E-state index contributed by atoms with van der Waals surface area (Å²) in [5.74, 6) is -0.205. The Hall–Kier alpha value is -3.00. The fourth-order valence-corrected chi connectivity index (χ4v) is 4.32. The largest absolute Gasteiger partial charge is 0.508 e. The summed E-state index contributed by atoms with van der Waals surface area (Å²) in [7, 11) is 1.64. The van der Waals surface area contributed by atoms with E-state index in [1.54, 1.807) is 31.3 Å². The van der Waals surface area contributed by atoms with Gasteiger partial charge in [0.05, 0.1) is 0 Å². The summed E-state index contributed by atoms with van der Waals surface area (Å²) < 4.78 is 2.37. The molecule has 1 fully saturated rings. The summed E-state index contributed by atoms with van der Waals surface area (Å²) in [6.07, 6.45) is 7.89. The third-order valence-corrected chi connectivity index (χ3v) is 5.86. The maximum atomic E-state index is 12.8. The van der Waals surface area contributed by atoms with Gasteiger partial charge in [0.25, 0.3) is 5.91 Å². The first-order valence-corrected chi connectivity index (χ1v) is 10.2. The van der Waals surface area contributed by atoms with Crippen molar-refractivity contribution in [1.29, 1.82) is 5.26 Å². The Balaban J connectivity index is 1.83. The van der Waals surface area contributed by atoms with Crippen molar-refractivity contribution in [3.8, 4) is 11.8 Å². The summed E-state index contributed by atoms with van der Waals surface area (Å²) >= 11 is 0. The Bertz CT molecular complexity index is 959. The van der Waals surface area contributed by atoms with Crippen LogP contribution in [0.2, 0.25) is 0 Å². The van der Waals surface area contributed by atoms with E-state index in [1.165, 1.54) is 42.7 Å². The van der Waals surface area contributed by atoms with Crippen LogP contribution in [0.3, 0.4) is 0 Å². The number of aryl methyl sites for hydroxylation is 1. The Morgan fingerprint density at radius 2 is 1.97 bits per heavy atom. The van der Waals surface area contributed by atoms with Crippen molar-refractivity contribution in [2.24, 2.45) is 0 Å². The van der Waals surface area contributed by atoms with Gasteiger partial charge in [0.15, 0.2) is 0 Å². The monoisotopic (exact) mass is 391 g/mol. The molecule has 2 aromatic rings. The van der Waals surface area contributed by atoms with Gasteiger partial charge in [0.2, 0.25) is 0 Å². The minimum Gasteiger partial charge on any atom is -0.508 e. The van der Waals surface area contributed by atoms with Gasteiger partial charge in [0, 0.05) is 36.6 Å². The number of benzene rings is 1. The summed E-state index contributed by atoms with van der Waals surface area (Å²) in [4.78, 5) is 14.3. The lowest BCUT2D eigenvalue weighted by Crippen LogP contribution is -2.27. The number of carbonyl (C=O) groups excluding carboxylic acids is 1. The average Bonchev–Trinajstić information content (AvgIpc) is 3.00. The first-order valence-electron chi connectivity index (χ1n) is 10.2. The van der Waals surface area contributed by atoms with Crippen LogP contribution in [0, 0.1) is 25.2 Å². The number of aromatic nitrogens is 1. The van der Waals surface area contributed by atoms with Crippen LogP contribution in [0.25, 0.3) is 6.08 Å². The van der Waals surface area contributed by atoms with E-state index in [1.807, 2.05) is 6.07 Å². The van der Waals surface area contributed by atoms with Gasteiger partial charge in [-0.15, -0.1) is 0 Å². The maximum Gasteiger partial charge on any atom is 0.264 e. The Morgan fingerprint density at radius 3 is 2.62 bits per heavy atom. The molecular formula is C24H29N3O2. The number of nitrogens with zero attached hydrogens (tertiary/aromatic N) is 3. The highest BCUT2D eigenvalue weighted by molar-refractivity contribution is 6.01. The third kappa shape index (κ3) is 4.54. The van der Waals surface area contributed by atoms with Gasteiger partial charge in [-0.25, -0.2) is 0 Å². The fraction of sp³-hybridized carbons (Fsp3) is 0.417. The van der Waals surface area contributed by atoms with E-state index in [9.17, 15) is 15.2 Å². The normalized spacial score (nSPS) is 15.2. The quantitative estimate of drug-likeness (QED) is 0.583. The molecule has 0 radical (unpaired) electrons. The molecule has 3 rings (SSSR count). The van der Waals surface area contributed by atoms with Gasteiger partial charge in [-0.2, -0.15) is 5.26 Å². The van der Waals surface area contributed by atoms with E-state index in [0.717, 1.165) is 11.3 Å². The van der Waals surface area contributed by atoms with Crippen LogP contribution in [0.4, 0.5) is 0 Å². The summed E-state index contributed by atoms with van der Waals surface area (Å²) in [5.41, 5.74) is 3.96. The summed E-state index contributed by atoms with van der Waals surface area (Å²) in [6.45, 7) is 4.40. The minimum absolute atomic E-state index is 0.104. The van der Waals surface area contributed by atoms with Crippen molar-refractivity contribution in [3.63, 3.8) is 0 Å². The van der Waals surface area contributed by atoms with E-state index in [4.69, 9.17) is 0 Å². The van der Waals surface area contributed by atoms with E-state index in [0.29, 0.717) is 11.6 Å². The third-order valence-electron chi connectivity index (χ3n) is 5.86. The molecule has 1 aliphatic carbocycles. The van der Waals surface area contributed by atoms with Crippen molar-refractivity contribution in [3.05, 3.63) is 58.4 Å². The summed E-state index contributed by atoms with van der Waals surface area (Å²) in [5, 5.41) is 19.6. The standard InChI is InChI=1S/C24H29N3O2/c1-17-13-20(18(2)27(17)22-10-5-4-6-11-22)14-21(15-25)24(29)26(3)16-19-9-7-8-12-23(19)28/h7-9,12-14,22,28H,4-6,10-11,16H2,1-3H3/b21-14+. The van der Waals surface area contributed by atoms with Crippen LogP contribution in [0.15, 0.2) is 35.9 Å². The molecule has 152 valence electrons. The topological polar surface area (TPSA) is 69.3 Å². The number of para-hydroxylation sites is 1. The van der Waals surface area contributed by atoms with E-state index in [2.05, 4.69) is 30.6 Å². The second-order valence-electron chi connectivity index (χ2n) is 7.95. The number of nitriles is 1. The van der Waals surface area contributed by atoms with Crippen molar-refractivity contribution >= 4 is 12.0 Å². The number of carbonyl (C=O) groups is 1. The van der Waals surface area contributed by atoms with Crippen molar-refractivity contribution < 1.29 is 9.90 Å². The molecule has 0 aliphatic heterocycles. The van der Waals surface area contributed by atoms with Gasteiger partial charge in [-0.05, 0) is 50.5 Å². The Morgan fingerprint density at radius 1 is 1.28 bits per heavy atom. The predicted molar refractivity (Wildman–Crippen MR) is 114 cm³/mol. The first kappa shape index (κ1) is 20.7. The molecule has 1 aliphatic rings. The number of hydrogen-bond donors (Lipinski definition) is 1. The number of phenols is 1. The molecule has 1 amide bonds. The van der Waals surface area contributed by atoms with E-state index < -0.39 is 0 Å². The zero-order valence-corrected chi connectivity index (χ0v) is 17.5. The Kier molecular flexibility index (Phi) is 6.43. The highest BCUT2D eigenvalue weighted by atomic mass is 16.3. The van der Waals surface area contributed by atoms with Crippen LogP contribution < -0.4 is 0 Å². The second-order valence-corrected chi connectivity index (χ2v) is 7.95. The van der Waals surface area contributed by atoms with Gasteiger partial charge in [-0.1, -0.05) is 37.5 Å². The lowest BCUT2D eigenvalue weighted by molar-refractivity contribution is -0.125. The van der Waals surface area contributed by atoms with Crippen molar-refractivity contribution in [1.82, 2.24) is 9.47 Å². The lowest BCUT2D eigenvalue weighted by Gasteiger charge is -2.26. The van der Waals surface area contributed by atoms with Crippen molar-refractivity contribution in [2.45, 2.75) is 58.5 Å². The van der Waals surface area contributed by atoms with E-state index in [-0.39, 0.29) is 23.8 Å². The number of rotatable bonds is 5. The molecule has 1 N–H and O–H groups in total. The van der Waals surface area contributed by atoms with Gasteiger partial charge >= 0.3 is 0 Å². The Labute approximate surface area is 172 Å². The first-order chi connectivity index (χ1) is 13.9. The number of aromatic hydroxyl groups is 1. The van der Waals surface area contributed by atoms with Crippen LogP contribution in [0.1, 0.15) is 60.7 Å². The number of amides is 1. The molecular weight excluding hydrogens is 362 g/mol. The molecule has 1 saturated carbocycles. The molecule has 0 unspecified atom stereocenters. The van der Waals surface area contributed by atoms with Gasteiger partial charge in [0.1, 0.15) is 17.4 Å². The summed E-state index contributed by atoms with van der Waals surface area (Å²) in [6, 6.07) is 11.6. The lowest BCUT2D eigenvalue weighted by atomic mass is 9.95. The highest BCUT2D eigenvalue weighted by Crippen LogP contribution is 2.32. The van der Waals surface area contributed by atoms with Gasteiger partial charge < -0.3 is 14.6 Å². The molecule has 1 aromatic carbocycles. The number of hydrogen-bond acceptors (Lipinski definition) is 3. The highest BCUT2D eigenvalue weighted by Gasteiger charge is 2.21. The zero-order chi connectivity index (χ0) is 21.0. The van der Waals surface area contributed by atoms with Gasteiger partial charge in [-0.3, -0.25) is 4.79 Å². The SMILES string of the molecule is Cc1cc(/C=C(\C#N)C(=O)N(C)Cc2ccccc2O)c(C)n1C1CCCCC1. The van der Waals surface area contributed by atoms with E-state index >= 15 is 0 Å². The molecule has 1 aromatic heterocycles. The van der Waals surface area contributed by atoms with Crippen LogP contribution >= 0.6 is 0 Å². The number of phenolic OH excluding ortho intramolecular Hbond substituents is 1. The predicted octanol–water partition coefficient (Wildman–Crippen LogP) is 4.88. The van der Waals surface area contributed by atoms with Crippen LogP contribution in [-0.2, 0) is 11.3 Å². The zero-order valence-electron chi connectivity index (χ0n) is 17.5. The molecule has 0 spiro atoms. The molecule has 5 nitrogen and oxygen atoms in total. The van der Waals surface area contributed by atoms with Crippen LogP contribution in [-0.4, -0.2) is 27.5 Å². The maximum absolute atomic E-state index is 12.8.